The first-order valence-electron chi connectivity index (χ1n) is 6.12. The third-order valence-electron chi connectivity index (χ3n) is 2.81. The summed E-state index contributed by atoms with van der Waals surface area (Å²) in [7, 11) is 1.68. The van der Waals surface area contributed by atoms with Crippen LogP contribution >= 0.6 is 0 Å². The molecule has 0 saturated heterocycles. The maximum Gasteiger partial charge on any atom is 0.122 e. The third kappa shape index (κ3) is 2.70. The summed E-state index contributed by atoms with van der Waals surface area (Å²) in [5, 5.41) is 0. The number of pyridine rings is 1. The lowest BCUT2D eigenvalue weighted by Gasteiger charge is -2.11. The lowest BCUT2D eigenvalue weighted by atomic mass is 10.2. The molecule has 0 amide bonds. The van der Waals surface area contributed by atoms with Gasteiger partial charge in [0.1, 0.15) is 11.6 Å². The predicted octanol–water partition coefficient (Wildman–Crippen LogP) is 2.77. The summed E-state index contributed by atoms with van der Waals surface area (Å²) in [5.41, 5.74) is 1.96. The Bertz CT molecular complexity index is 532. The summed E-state index contributed by atoms with van der Waals surface area (Å²) < 4.78 is 7.40. The Hall–Kier alpha value is -1.84. The van der Waals surface area contributed by atoms with Crippen molar-refractivity contribution < 1.29 is 4.74 Å². The Balaban J connectivity index is 2.28. The number of aromatic nitrogens is 3. The molecular formula is C14H19N3O. The highest BCUT2D eigenvalue weighted by molar-refractivity contribution is 5.27. The van der Waals surface area contributed by atoms with Crippen LogP contribution < -0.4 is 4.74 Å². The van der Waals surface area contributed by atoms with E-state index in [-0.39, 0.29) is 0 Å². The SMILES string of the molecule is COc1cc(C)nc(Cn2ccnc2C(C)C)c1. The molecule has 0 aliphatic heterocycles. The number of hydrogen-bond acceptors (Lipinski definition) is 3. The molecule has 0 aliphatic carbocycles. The standard InChI is InChI=1S/C14H19N3O/c1-10(2)14-15-5-6-17(14)9-12-8-13(18-4)7-11(3)16-12/h5-8,10H,9H2,1-4H3. The van der Waals surface area contributed by atoms with E-state index in [4.69, 9.17) is 4.74 Å². The topological polar surface area (TPSA) is 39.9 Å². The fourth-order valence-electron chi connectivity index (χ4n) is 2.03. The Labute approximate surface area is 108 Å². The van der Waals surface area contributed by atoms with Crippen molar-refractivity contribution >= 4 is 0 Å². The normalized spacial score (nSPS) is 10.9. The highest BCUT2D eigenvalue weighted by atomic mass is 16.5. The molecule has 0 aliphatic rings. The summed E-state index contributed by atoms with van der Waals surface area (Å²) in [6, 6.07) is 3.90. The van der Waals surface area contributed by atoms with Crippen LogP contribution in [-0.4, -0.2) is 21.6 Å². The second kappa shape index (κ2) is 5.21. The van der Waals surface area contributed by atoms with Crippen LogP contribution in [0.25, 0.3) is 0 Å². The maximum absolute atomic E-state index is 5.27. The molecule has 2 rings (SSSR count). The number of rotatable bonds is 4. The van der Waals surface area contributed by atoms with Gasteiger partial charge >= 0.3 is 0 Å². The van der Waals surface area contributed by atoms with Crippen molar-refractivity contribution in [1.29, 1.82) is 0 Å². The van der Waals surface area contributed by atoms with Crippen LogP contribution in [-0.2, 0) is 6.54 Å². The molecule has 0 bridgehead atoms. The van der Waals surface area contributed by atoms with Crippen LogP contribution in [0.15, 0.2) is 24.5 Å². The molecule has 0 saturated carbocycles. The predicted molar refractivity (Wildman–Crippen MR) is 70.9 cm³/mol. The zero-order valence-electron chi connectivity index (χ0n) is 11.3. The number of hydrogen-bond donors (Lipinski definition) is 0. The van der Waals surface area contributed by atoms with E-state index in [9.17, 15) is 0 Å². The Morgan fingerprint density at radius 1 is 1.33 bits per heavy atom. The molecule has 0 fully saturated rings. The van der Waals surface area contributed by atoms with Gasteiger partial charge in [-0.25, -0.2) is 4.98 Å². The second-order valence-corrected chi connectivity index (χ2v) is 4.71. The van der Waals surface area contributed by atoms with Crippen molar-refractivity contribution in [2.45, 2.75) is 33.2 Å². The Kier molecular flexibility index (Phi) is 3.65. The Morgan fingerprint density at radius 3 is 2.78 bits per heavy atom. The molecule has 4 nitrogen and oxygen atoms in total. The van der Waals surface area contributed by atoms with E-state index < -0.39 is 0 Å². The molecule has 4 heteroatoms. The molecule has 2 aromatic rings. The second-order valence-electron chi connectivity index (χ2n) is 4.71. The molecule has 0 N–H and O–H groups in total. The van der Waals surface area contributed by atoms with Gasteiger partial charge in [0.2, 0.25) is 0 Å². The number of imidazole rings is 1. The van der Waals surface area contributed by atoms with Crippen molar-refractivity contribution in [3.8, 4) is 5.75 Å². The number of ether oxygens (including phenoxy) is 1. The molecule has 18 heavy (non-hydrogen) atoms. The van der Waals surface area contributed by atoms with E-state index in [1.165, 1.54) is 0 Å². The van der Waals surface area contributed by atoms with Gasteiger partial charge in [0.15, 0.2) is 0 Å². The summed E-state index contributed by atoms with van der Waals surface area (Å²) in [4.78, 5) is 8.91. The maximum atomic E-state index is 5.27. The van der Waals surface area contributed by atoms with Crippen LogP contribution in [0.2, 0.25) is 0 Å². The molecule has 0 unspecified atom stereocenters. The van der Waals surface area contributed by atoms with Crippen LogP contribution in [0, 0.1) is 6.92 Å². The summed E-state index contributed by atoms with van der Waals surface area (Å²) in [5.74, 6) is 2.34. The average Bonchev–Trinajstić information content (AvgIpc) is 2.76. The van der Waals surface area contributed by atoms with Gasteiger partial charge in [-0.2, -0.15) is 0 Å². The highest BCUT2D eigenvalue weighted by Crippen LogP contribution is 2.17. The zero-order valence-corrected chi connectivity index (χ0v) is 11.3. The van der Waals surface area contributed by atoms with Crippen LogP contribution in [0.3, 0.4) is 0 Å². The summed E-state index contributed by atoms with van der Waals surface area (Å²) in [6.07, 6.45) is 3.83. The number of nitrogens with zero attached hydrogens (tertiary/aromatic N) is 3. The molecule has 0 atom stereocenters. The van der Waals surface area contributed by atoms with Crippen molar-refractivity contribution in [2.24, 2.45) is 0 Å². The van der Waals surface area contributed by atoms with Crippen molar-refractivity contribution in [3.63, 3.8) is 0 Å². The van der Waals surface area contributed by atoms with Crippen molar-refractivity contribution in [2.75, 3.05) is 7.11 Å². The van der Waals surface area contributed by atoms with E-state index >= 15 is 0 Å². The first-order valence-corrected chi connectivity index (χ1v) is 6.12. The van der Waals surface area contributed by atoms with Gasteiger partial charge in [-0.1, -0.05) is 13.8 Å². The molecule has 0 aromatic carbocycles. The van der Waals surface area contributed by atoms with Gasteiger partial charge in [-0.05, 0) is 6.92 Å². The first kappa shape index (κ1) is 12.6. The number of methoxy groups -OCH3 is 1. The van der Waals surface area contributed by atoms with Crippen LogP contribution in [0.1, 0.15) is 37.0 Å². The quantitative estimate of drug-likeness (QED) is 0.831. The first-order chi connectivity index (χ1) is 8.60. The molecule has 96 valence electrons. The minimum atomic E-state index is 0.409. The van der Waals surface area contributed by atoms with Gasteiger partial charge in [0.25, 0.3) is 0 Å². The lowest BCUT2D eigenvalue weighted by Crippen LogP contribution is -2.07. The summed E-state index contributed by atoms with van der Waals surface area (Å²) in [6.45, 7) is 6.99. The fourth-order valence-corrected chi connectivity index (χ4v) is 2.03. The van der Waals surface area contributed by atoms with E-state index in [2.05, 4.69) is 28.4 Å². The van der Waals surface area contributed by atoms with E-state index in [0.29, 0.717) is 5.92 Å². The Morgan fingerprint density at radius 2 is 2.11 bits per heavy atom. The largest absolute Gasteiger partial charge is 0.497 e. The van der Waals surface area contributed by atoms with Crippen molar-refractivity contribution in [3.05, 3.63) is 41.7 Å². The smallest absolute Gasteiger partial charge is 0.122 e. The van der Waals surface area contributed by atoms with Gasteiger partial charge in [0, 0.05) is 36.1 Å². The molecule has 0 radical (unpaired) electrons. The van der Waals surface area contributed by atoms with Gasteiger partial charge < -0.3 is 9.30 Å². The van der Waals surface area contributed by atoms with Gasteiger partial charge in [-0.15, -0.1) is 0 Å². The number of aryl methyl sites for hydroxylation is 1. The molecular weight excluding hydrogens is 226 g/mol. The van der Waals surface area contributed by atoms with E-state index in [1.54, 1.807) is 7.11 Å². The average molecular weight is 245 g/mol. The van der Waals surface area contributed by atoms with E-state index in [1.807, 2.05) is 31.5 Å². The molecule has 0 spiro atoms. The molecule has 2 heterocycles. The fraction of sp³-hybridized carbons (Fsp3) is 0.429. The van der Waals surface area contributed by atoms with E-state index in [0.717, 1.165) is 29.5 Å². The lowest BCUT2D eigenvalue weighted by molar-refractivity contribution is 0.412. The van der Waals surface area contributed by atoms with Gasteiger partial charge in [0.05, 0.1) is 19.3 Å². The van der Waals surface area contributed by atoms with Crippen molar-refractivity contribution in [1.82, 2.24) is 14.5 Å². The van der Waals surface area contributed by atoms with Crippen LogP contribution in [0.5, 0.6) is 5.75 Å². The highest BCUT2D eigenvalue weighted by Gasteiger charge is 2.09. The minimum absolute atomic E-state index is 0.409. The zero-order chi connectivity index (χ0) is 13.1. The monoisotopic (exact) mass is 245 g/mol. The molecule has 2 aromatic heterocycles. The van der Waals surface area contributed by atoms with Gasteiger partial charge in [-0.3, -0.25) is 4.98 Å². The minimum Gasteiger partial charge on any atom is -0.497 e. The summed E-state index contributed by atoms with van der Waals surface area (Å²) >= 11 is 0. The van der Waals surface area contributed by atoms with Crippen LogP contribution in [0.4, 0.5) is 0 Å². The third-order valence-corrected chi connectivity index (χ3v) is 2.81.